The van der Waals surface area contributed by atoms with Crippen LogP contribution < -0.4 is 0 Å². The second kappa shape index (κ2) is 7.27. The number of ether oxygens (including phenoxy) is 1. The lowest BCUT2D eigenvalue weighted by atomic mass is 10.2. The van der Waals surface area contributed by atoms with E-state index < -0.39 is 0 Å². The molecule has 0 atom stereocenters. The third-order valence-electron chi connectivity index (χ3n) is 4.66. The third-order valence-corrected chi connectivity index (χ3v) is 4.66. The zero-order valence-corrected chi connectivity index (χ0v) is 14.8. The number of hydrogen-bond donors (Lipinski definition) is 1. The van der Waals surface area contributed by atoms with Crippen molar-refractivity contribution in [1.82, 2.24) is 9.47 Å². The molecule has 134 valence electrons. The van der Waals surface area contributed by atoms with Crippen LogP contribution in [0.2, 0.25) is 0 Å². The molecular formula is C20H22N4O2. The van der Waals surface area contributed by atoms with Gasteiger partial charge in [0.2, 0.25) is 5.88 Å². The fraction of sp³-hybridized carbons (Fsp3) is 0.300. The van der Waals surface area contributed by atoms with Gasteiger partial charge in [0.05, 0.1) is 31.1 Å². The molecule has 0 unspecified atom stereocenters. The molecule has 0 amide bonds. The molecule has 1 aliphatic rings. The average molecular weight is 350 g/mol. The number of rotatable bonds is 4. The van der Waals surface area contributed by atoms with E-state index in [-0.39, 0.29) is 5.88 Å². The van der Waals surface area contributed by atoms with Crippen LogP contribution in [0.25, 0.3) is 10.9 Å². The molecule has 6 nitrogen and oxygen atoms in total. The monoisotopic (exact) mass is 350 g/mol. The van der Waals surface area contributed by atoms with Gasteiger partial charge in [0, 0.05) is 18.5 Å². The molecule has 0 aliphatic carbocycles. The number of para-hydroxylation sites is 1. The molecule has 1 aliphatic heterocycles. The van der Waals surface area contributed by atoms with Crippen LogP contribution in [0.1, 0.15) is 5.56 Å². The summed E-state index contributed by atoms with van der Waals surface area (Å²) in [5.74, 6) is 0.147. The fourth-order valence-electron chi connectivity index (χ4n) is 3.18. The van der Waals surface area contributed by atoms with Crippen LogP contribution in [0.15, 0.2) is 58.8 Å². The first-order valence-electron chi connectivity index (χ1n) is 8.81. The Morgan fingerprint density at radius 2 is 1.73 bits per heavy atom. The zero-order chi connectivity index (χ0) is 17.9. The van der Waals surface area contributed by atoms with Crippen LogP contribution in [0, 0.1) is 6.92 Å². The number of nitrogens with zero attached hydrogens (tertiary/aromatic N) is 4. The topological polar surface area (TPSA) is 62.4 Å². The Bertz CT molecular complexity index is 925. The fourth-order valence-corrected chi connectivity index (χ4v) is 3.18. The SMILES string of the molecule is Cc1ccc(N=Nc2c(O)n(CN3CCOCC3)c3ccccc23)cc1. The van der Waals surface area contributed by atoms with Gasteiger partial charge in [-0.15, -0.1) is 5.11 Å². The van der Waals surface area contributed by atoms with E-state index in [2.05, 4.69) is 15.1 Å². The number of fused-ring (bicyclic) bond motifs is 1. The van der Waals surface area contributed by atoms with Crippen LogP contribution >= 0.6 is 0 Å². The molecule has 1 aromatic heterocycles. The maximum absolute atomic E-state index is 10.8. The number of morpholine rings is 1. The van der Waals surface area contributed by atoms with Crippen molar-refractivity contribution in [1.29, 1.82) is 0 Å². The highest BCUT2D eigenvalue weighted by atomic mass is 16.5. The van der Waals surface area contributed by atoms with E-state index in [1.165, 1.54) is 5.56 Å². The molecule has 0 spiro atoms. The standard InChI is InChI=1S/C20H22N4O2/c1-15-6-8-16(9-7-15)21-22-19-17-4-2-3-5-18(17)24(20(19)25)14-23-10-12-26-13-11-23/h2-9,25H,10-14H2,1H3. The summed E-state index contributed by atoms with van der Waals surface area (Å²) in [5.41, 5.74) is 3.40. The normalized spacial score (nSPS) is 15.9. The number of aryl methyl sites for hydroxylation is 1. The molecule has 1 saturated heterocycles. The lowest BCUT2D eigenvalue weighted by molar-refractivity contribution is 0.0231. The molecule has 6 heteroatoms. The predicted molar refractivity (Wildman–Crippen MR) is 101 cm³/mol. The van der Waals surface area contributed by atoms with Crippen molar-refractivity contribution in [2.45, 2.75) is 13.6 Å². The summed E-state index contributed by atoms with van der Waals surface area (Å²) in [6, 6.07) is 15.7. The highest BCUT2D eigenvalue weighted by Crippen LogP contribution is 2.39. The number of azo groups is 1. The van der Waals surface area contributed by atoms with Gasteiger partial charge in [-0.1, -0.05) is 35.9 Å². The van der Waals surface area contributed by atoms with Gasteiger partial charge in [0.25, 0.3) is 0 Å². The van der Waals surface area contributed by atoms with Crippen LogP contribution in [0.4, 0.5) is 11.4 Å². The molecular weight excluding hydrogens is 328 g/mol. The van der Waals surface area contributed by atoms with Crippen molar-refractivity contribution in [2.24, 2.45) is 10.2 Å². The summed E-state index contributed by atoms with van der Waals surface area (Å²) >= 11 is 0. The largest absolute Gasteiger partial charge is 0.493 e. The highest BCUT2D eigenvalue weighted by molar-refractivity contribution is 5.95. The maximum atomic E-state index is 10.8. The second-order valence-corrected chi connectivity index (χ2v) is 6.52. The minimum Gasteiger partial charge on any atom is -0.493 e. The molecule has 0 bridgehead atoms. The van der Waals surface area contributed by atoms with Gasteiger partial charge >= 0.3 is 0 Å². The maximum Gasteiger partial charge on any atom is 0.221 e. The Kier molecular flexibility index (Phi) is 4.69. The van der Waals surface area contributed by atoms with Crippen LogP contribution in [0.3, 0.4) is 0 Å². The van der Waals surface area contributed by atoms with Crippen LogP contribution in [0.5, 0.6) is 5.88 Å². The van der Waals surface area contributed by atoms with E-state index in [1.54, 1.807) is 0 Å². The zero-order valence-electron chi connectivity index (χ0n) is 14.8. The van der Waals surface area contributed by atoms with Crippen molar-refractivity contribution >= 4 is 22.3 Å². The summed E-state index contributed by atoms with van der Waals surface area (Å²) in [6.07, 6.45) is 0. The molecule has 2 aromatic carbocycles. The van der Waals surface area contributed by atoms with Gasteiger partial charge in [-0.3, -0.25) is 9.47 Å². The van der Waals surface area contributed by atoms with Gasteiger partial charge in [-0.25, -0.2) is 0 Å². The number of hydrogen-bond acceptors (Lipinski definition) is 5. The first-order chi connectivity index (χ1) is 12.7. The van der Waals surface area contributed by atoms with Crippen molar-refractivity contribution in [3.8, 4) is 5.88 Å². The summed E-state index contributed by atoms with van der Waals surface area (Å²) in [5, 5.41) is 20.4. The quantitative estimate of drug-likeness (QED) is 0.711. The van der Waals surface area contributed by atoms with Gasteiger partial charge in [-0.2, -0.15) is 5.11 Å². The lowest BCUT2D eigenvalue weighted by Crippen LogP contribution is -2.37. The number of aromatic hydroxyl groups is 1. The van der Waals surface area contributed by atoms with Gasteiger partial charge in [0.15, 0.2) is 5.69 Å². The van der Waals surface area contributed by atoms with E-state index in [1.807, 2.05) is 60.0 Å². The van der Waals surface area contributed by atoms with Crippen molar-refractivity contribution < 1.29 is 9.84 Å². The van der Waals surface area contributed by atoms with E-state index in [0.717, 1.165) is 42.9 Å². The molecule has 0 radical (unpaired) electrons. The minimum atomic E-state index is 0.147. The minimum absolute atomic E-state index is 0.147. The lowest BCUT2D eigenvalue weighted by Gasteiger charge is -2.27. The molecule has 3 aromatic rings. The molecule has 2 heterocycles. The van der Waals surface area contributed by atoms with E-state index in [4.69, 9.17) is 4.74 Å². The van der Waals surface area contributed by atoms with Crippen molar-refractivity contribution in [3.63, 3.8) is 0 Å². The number of benzene rings is 2. The third kappa shape index (κ3) is 3.34. The van der Waals surface area contributed by atoms with E-state index in [0.29, 0.717) is 12.4 Å². The first kappa shape index (κ1) is 16.8. The first-order valence-corrected chi connectivity index (χ1v) is 8.81. The van der Waals surface area contributed by atoms with Crippen LogP contribution in [-0.4, -0.2) is 40.9 Å². The Hall–Kier alpha value is -2.70. The van der Waals surface area contributed by atoms with Gasteiger partial charge in [0.1, 0.15) is 0 Å². The van der Waals surface area contributed by atoms with Crippen molar-refractivity contribution in [3.05, 3.63) is 54.1 Å². The Labute approximate surface area is 152 Å². The molecule has 0 saturated carbocycles. The Morgan fingerprint density at radius 3 is 2.50 bits per heavy atom. The van der Waals surface area contributed by atoms with E-state index in [9.17, 15) is 5.11 Å². The van der Waals surface area contributed by atoms with Gasteiger partial charge < -0.3 is 9.84 Å². The predicted octanol–water partition coefficient (Wildman–Crippen LogP) is 4.36. The molecule has 1 fully saturated rings. The molecule has 4 rings (SSSR count). The summed E-state index contributed by atoms with van der Waals surface area (Å²) in [4.78, 5) is 2.26. The Morgan fingerprint density at radius 1 is 1.00 bits per heavy atom. The molecule has 26 heavy (non-hydrogen) atoms. The summed E-state index contributed by atoms with van der Waals surface area (Å²) in [7, 11) is 0. The second-order valence-electron chi connectivity index (χ2n) is 6.52. The smallest absolute Gasteiger partial charge is 0.221 e. The highest BCUT2D eigenvalue weighted by Gasteiger charge is 2.19. The molecule has 1 N–H and O–H groups in total. The summed E-state index contributed by atoms with van der Waals surface area (Å²) < 4.78 is 7.30. The van der Waals surface area contributed by atoms with E-state index >= 15 is 0 Å². The van der Waals surface area contributed by atoms with Gasteiger partial charge in [-0.05, 0) is 25.1 Å². The Balaban J connectivity index is 1.70. The average Bonchev–Trinajstić information content (AvgIpc) is 2.94. The summed E-state index contributed by atoms with van der Waals surface area (Å²) in [6.45, 7) is 5.79. The number of aromatic nitrogens is 1. The van der Waals surface area contributed by atoms with Crippen molar-refractivity contribution in [2.75, 3.05) is 26.3 Å². The van der Waals surface area contributed by atoms with Crippen LogP contribution in [-0.2, 0) is 11.4 Å².